The number of carboxylic acid groups (broad SMARTS) is 1. The lowest BCUT2D eigenvalue weighted by molar-refractivity contribution is -0.141. The van der Waals surface area contributed by atoms with Crippen molar-refractivity contribution in [1.29, 1.82) is 0 Å². The number of hydrogen-bond donors (Lipinski definition) is 5. The van der Waals surface area contributed by atoms with Crippen LogP contribution in [0.5, 0.6) is 0 Å². The van der Waals surface area contributed by atoms with E-state index < -0.39 is 47.9 Å². The number of carbonyl (C=O) groups is 4. The van der Waals surface area contributed by atoms with Crippen LogP contribution in [0.25, 0.3) is 0 Å². The predicted molar refractivity (Wildman–Crippen MR) is 74.1 cm³/mol. The Labute approximate surface area is 127 Å². The van der Waals surface area contributed by atoms with Crippen molar-refractivity contribution in [1.82, 2.24) is 15.9 Å². The fourth-order valence-corrected chi connectivity index (χ4v) is 1.11. The summed E-state index contributed by atoms with van der Waals surface area (Å²) in [6.45, 7) is 4.97. The molecule has 0 aromatic heterocycles. The first-order chi connectivity index (χ1) is 10.9. The maximum Gasteiger partial charge on any atom is 0.325 e. The van der Waals surface area contributed by atoms with Crippen LogP contribution in [0.3, 0.4) is 0 Å². The molecule has 0 fully saturated rings. The Morgan fingerprint density at radius 1 is 0.952 bits per heavy atom. The zero-order valence-corrected chi connectivity index (χ0v) is 12.3. The number of nitrogens with two attached hydrogens (primary N) is 1. The van der Waals surface area contributed by atoms with Crippen LogP contribution >= 0.6 is 0 Å². The van der Waals surface area contributed by atoms with E-state index in [0.29, 0.717) is 5.31 Å². The third-order valence-corrected chi connectivity index (χ3v) is 2.48. The highest BCUT2D eigenvalue weighted by Gasteiger charge is 2.23. The smallest absolute Gasteiger partial charge is 0.325 e. The van der Waals surface area contributed by atoms with Crippen molar-refractivity contribution in [2.45, 2.75) is 51.9 Å². The van der Waals surface area contributed by atoms with Gasteiger partial charge in [-0.3, -0.25) is 19.2 Å². The number of carboxylic acids is 1. The molecule has 0 bridgehead atoms. The molecule has 120 valence electrons. The molecule has 6 N–H and O–H groups in total. The van der Waals surface area contributed by atoms with Crippen molar-refractivity contribution >= 4 is 23.7 Å². The Hall–Kier alpha value is -2.16. The Morgan fingerprint density at radius 3 is 1.90 bits per heavy atom. The second kappa shape index (κ2) is 8.20. The Morgan fingerprint density at radius 2 is 1.43 bits per heavy atom. The number of hydrogen-bond acceptors (Lipinski definition) is 5. The largest absolute Gasteiger partial charge is 0.480 e. The van der Waals surface area contributed by atoms with E-state index >= 15 is 0 Å². The topological polar surface area (TPSA) is 151 Å². The number of amides is 3. The fraction of sp³-hybridized carbons (Fsp3) is 0.667. The second-order valence-corrected chi connectivity index (χ2v) is 4.58. The van der Waals surface area contributed by atoms with Crippen molar-refractivity contribution in [2.24, 2.45) is 5.73 Å². The van der Waals surface area contributed by atoms with Crippen LogP contribution < -0.4 is 21.7 Å². The van der Waals surface area contributed by atoms with Gasteiger partial charge in [-0.15, -0.1) is 0 Å². The first-order valence-electron chi connectivity index (χ1n) is 7.69. The molecule has 0 radical (unpaired) electrons. The summed E-state index contributed by atoms with van der Waals surface area (Å²) in [4.78, 5) is 46.4. The molecule has 0 unspecified atom stereocenters. The molecule has 0 aromatic rings. The summed E-state index contributed by atoms with van der Waals surface area (Å²) in [5.41, 5.74) is 1.89. The van der Waals surface area contributed by atoms with Gasteiger partial charge < -0.3 is 26.8 Å². The molecule has 0 aromatic carbocycles. The highest BCUT2D eigenvalue weighted by Crippen LogP contribution is 1.91. The van der Waals surface area contributed by atoms with Gasteiger partial charge in [0.2, 0.25) is 17.7 Å². The van der Waals surface area contributed by atoms with Gasteiger partial charge in [0.05, 0.1) is 6.04 Å². The minimum absolute atomic E-state index is 0.280. The monoisotopic (exact) mass is 305 g/mol. The first kappa shape index (κ1) is 13.8. The minimum atomic E-state index is -1.36. The Bertz CT molecular complexity index is 507. The van der Waals surface area contributed by atoms with Crippen molar-refractivity contribution in [3.8, 4) is 0 Å². The summed E-state index contributed by atoms with van der Waals surface area (Å²) in [5, 5.41) is 11.4. The summed E-state index contributed by atoms with van der Waals surface area (Å²) < 4.78 is 22.2. The summed E-state index contributed by atoms with van der Waals surface area (Å²) in [5.74, 6) is -3.98. The van der Waals surface area contributed by atoms with Crippen molar-refractivity contribution in [3.63, 3.8) is 0 Å². The van der Waals surface area contributed by atoms with Crippen molar-refractivity contribution < 1.29 is 28.5 Å². The zero-order chi connectivity index (χ0) is 19.2. The maximum absolute atomic E-state index is 12.1. The molecule has 0 aliphatic heterocycles. The van der Waals surface area contributed by atoms with Gasteiger partial charge in [0.15, 0.2) is 2.82 Å². The second-order valence-electron chi connectivity index (χ2n) is 4.58. The Balaban J connectivity index is 4.93. The van der Waals surface area contributed by atoms with Crippen molar-refractivity contribution in [3.05, 3.63) is 0 Å². The van der Waals surface area contributed by atoms with Crippen LogP contribution in [0, 0.1) is 0 Å². The molecular formula is C12H22N4O5. The summed E-state index contributed by atoms with van der Waals surface area (Å²) >= 11 is 0. The molecule has 0 heterocycles. The van der Waals surface area contributed by atoms with Gasteiger partial charge >= 0.3 is 5.97 Å². The van der Waals surface area contributed by atoms with Gasteiger partial charge in [0, 0.05) is 0 Å². The van der Waals surface area contributed by atoms with E-state index in [9.17, 15) is 19.2 Å². The van der Waals surface area contributed by atoms with E-state index in [1.807, 2.05) is 5.73 Å². The number of nitrogens with one attached hydrogen (secondary N) is 3. The van der Waals surface area contributed by atoms with Gasteiger partial charge in [-0.05, 0) is 27.7 Å². The summed E-state index contributed by atoms with van der Waals surface area (Å²) in [7, 11) is 0. The average molecular weight is 305 g/mol. The fourth-order valence-electron chi connectivity index (χ4n) is 1.11. The lowest BCUT2D eigenvalue weighted by atomic mass is 10.2. The van der Waals surface area contributed by atoms with Gasteiger partial charge in [-0.25, -0.2) is 0 Å². The highest BCUT2D eigenvalue weighted by atomic mass is 16.4. The molecule has 3 amide bonds. The third kappa shape index (κ3) is 6.70. The van der Waals surface area contributed by atoms with E-state index in [0.717, 1.165) is 0 Å². The van der Waals surface area contributed by atoms with Crippen molar-refractivity contribution in [2.75, 3.05) is 0 Å². The molecule has 0 rings (SSSR count). The average Bonchev–Trinajstić information content (AvgIpc) is 2.56. The van der Waals surface area contributed by atoms with Crippen LogP contribution in [0.1, 0.15) is 27.7 Å². The zero-order valence-electron chi connectivity index (χ0n) is 15.3. The van der Waals surface area contributed by atoms with Crippen LogP contribution in [0.2, 0.25) is 4.24 Å². The molecular weight excluding hydrogens is 280 g/mol. The highest BCUT2D eigenvalue weighted by molar-refractivity contribution is 5.93. The van der Waals surface area contributed by atoms with Crippen LogP contribution in [0.4, 0.5) is 0 Å². The standard InChI is InChI=1S/C12H22N4O5/c1-5(13)9(17)14-6(2)10(18)15-7(3)11(19)16-8(4)12(20)21/h5-8H,13H2,1-4H3,(H,14,17)(H,15,18)(H,16,19)(H,20,21)/t5-,6+,7+,8+/m1/s1/i/hD3. The van der Waals surface area contributed by atoms with Crippen LogP contribution in [-0.4, -0.2) is 53.0 Å². The lowest BCUT2D eigenvalue weighted by Gasteiger charge is -2.19. The van der Waals surface area contributed by atoms with E-state index in [4.69, 9.17) is 9.34 Å². The van der Waals surface area contributed by atoms with Gasteiger partial charge in [-0.2, -0.15) is 0 Å². The normalized spacial score (nSPS) is 18.0. The molecule has 0 aliphatic carbocycles. The molecule has 9 nitrogen and oxygen atoms in total. The van der Waals surface area contributed by atoms with E-state index in [1.54, 1.807) is 0 Å². The molecule has 21 heavy (non-hydrogen) atoms. The predicted octanol–water partition coefficient (Wildman–Crippen LogP) is -2.07. The number of carbonyl (C=O) groups excluding carboxylic acids is 3. The van der Waals surface area contributed by atoms with E-state index in [2.05, 4.69) is 5.32 Å². The lowest BCUT2D eigenvalue weighted by Crippen LogP contribution is -2.54. The van der Waals surface area contributed by atoms with Crippen LogP contribution in [-0.2, 0) is 19.2 Å². The quantitative estimate of drug-likeness (QED) is 0.347. The van der Waals surface area contributed by atoms with E-state index in [1.165, 1.54) is 27.7 Å². The first-order valence-corrected chi connectivity index (χ1v) is 6.30. The van der Waals surface area contributed by atoms with Gasteiger partial charge in [0.1, 0.15) is 19.5 Å². The number of rotatable bonds is 8. The molecule has 0 spiro atoms. The third-order valence-electron chi connectivity index (χ3n) is 2.48. The van der Waals surface area contributed by atoms with Gasteiger partial charge in [-0.1, -0.05) is 0 Å². The van der Waals surface area contributed by atoms with Crippen LogP contribution in [0.15, 0.2) is 0 Å². The molecule has 0 saturated carbocycles. The SMILES string of the molecule is [2H]N[C@H](C)C(=O)N([2H])[C@@H](C)C(=O)N([2H])[C@@H](C)C(=O)N[C@@H](C)C(=O)O. The minimum Gasteiger partial charge on any atom is -0.480 e. The summed E-state index contributed by atoms with van der Waals surface area (Å²) in [6, 6.07) is -4.90. The van der Waals surface area contributed by atoms with Gasteiger partial charge in [0.25, 0.3) is 0 Å². The molecule has 4 atom stereocenters. The maximum atomic E-state index is 12.1. The van der Waals surface area contributed by atoms with E-state index in [-0.39, 0.29) is 5.31 Å². The molecule has 9 heteroatoms. The number of aliphatic carboxylic acids is 1. The molecule has 0 saturated heterocycles. The Kier molecular flexibility index (Phi) is 5.39. The molecule has 0 aliphatic rings. The summed E-state index contributed by atoms with van der Waals surface area (Å²) in [6.07, 6.45) is 0.